The summed E-state index contributed by atoms with van der Waals surface area (Å²) in [6, 6.07) is 5.96. The second-order valence-electron chi connectivity index (χ2n) is 4.20. The minimum atomic E-state index is -0.723. The first-order valence-corrected chi connectivity index (χ1v) is 5.26. The van der Waals surface area contributed by atoms with Crippen LogP contribution in [-0.4, -0.2) is 24.4 Å². The van der Waals surface area contributed by atoms with Gasteiger partial charge in [0.2, 0.25) is 0 Å². The molecular weight excluding hydrogens is 190 g/mol. The zero-order valence-electron chi connectivity index (χ0n) is 8.99. The lowest BCUT2D eigenvalue weighted by Gasteiger charge is -2.32. The molecule has 0 aliphatic heterocycles. The Hall–Kier alpha value is -1.06. The van der Waals surface area contributed by atoms with Crippen molar-refractivity contribution in [1.82, 2.24) is 0 Å². The van der Waals surface area contributed by atoms with Crippen LogP contribution >= 0.6 is 0 Å². The molecule has 1 unspecified atom stereocenters. The van der Waals surface area contributed by atoms with E-state index in [0.29, 0.717) is 13.0 Å². The number of rotatable bonds is 2. The molecule has 2 rings (SSSR count). The van der Waals surface area contributed by atoms with E-state index in [2.05, 4.69) is 0 Å². The number of fused-ring (bicyclic) bond motifs is 1. The number of aliphatic hydroxyl groups is 1. The molecule has 0 saturated carbocycles. The van der Waals surface area contributed by atoms with E-state index in [1.54, 1.807) is 7.11 Å². The largest absolute Gasteiger partial charge is 0.496 e. The number of benzene rings is 1. The lowest BCUT2D eigenvalue weighted by atomic mass is 9.80. The number of ether oxygens (including phenoxy) is 1. The van der Waals surface area contributed by atoms with Gasteiger partial charge in [-0.3, -0.25) is 0 Å². The quantitative estimate of drug-likeness (QED) is 0.756. The maximum absolute atomic E-state index is 10.1. The molecule has 15 heavy (non-hydrogen) atoms. The van der Waals surface area contributed by atoms with Gasteiger partial charge >= 0.3 is 0 Å². The highest BCUT2D eigenvalue weighted by Gasteiger charge is 2.31. The summed E-state index contributed by atoms with van der Waals surface area (Å²) < 4.78 is 5.30. The normalized spacial score (nSPS) is 24.7. The minimum absolute atomic E-state index is 0.323. The van der Waals surface area contributed by atoms with Gasteiger partial charge in [-0.2, -0.15) is 0 Å². The third kappa shape index (κ3) is 1.85. The highest BCUT2D eigenvalue weighted by Crippen LogP contribution is 2.33. The van der Waals surface area contributed by atoms with Gasteiger partial charge in [0.05, 0.1) is 12.7 Å². The maximum Gasteiger partial charge on any atom is 0.122 e. The molecule has 0 heterocycles. The highest BCUT2D eigenvalue weighted by molar-refractivity contribution is 5.43. The molecule has 0 saturated heterocycles. The van der Waals surface area contributed by atoms with E-state index >= 15 is 0 Å². The summed E-state index contributed by atoms with van der Waals surface area (Å²) in [6.45, 7) is 0.323. The molecule has 3 nitrogen and oxygen atoms in total. The lowest BCUT2D eigenvalue weighted by Crippen LogP contribution is -2.42. The Bertz CT molecular complexity index is 365. The van der Waals surface area contributed by atoms with Crippen molar-refractivity contribution in [2.75, 3.05) is 13.7 Å². The third-order valence-corrected chi connectivity index (χ3v) is 3.19. The molecule has 1 aromatic rings. The average molecular weight is 207 g/mol. The average Bonchev–Trinajstić information content (AvgIpc) is 2.28. The Kier molecular flexibility index (Phi) is 2.67. The molecule has 82 valence electrons. The van der Waals surface area contributed by atoms with Gasteiger partial charge in [0.15, 0.2) is 0 Å². The molecule has 0 spiro atoms. The van der Waals surface area contributed by atoms with Crippen LogP contribution in [0.1, 0.15) is 17.5 Å². The molecule has 1 aliphatic carbocycles. The van der Waals surface area contributed by atoms with E-state index in [9.17, 15) is 5.11 Å². The summed E-state index contributed by atoms with van der Waals surface area (Å²) in [4.78, 5) is 0. The van der Waals surface area contributed by atoms with Crippen molar-refractivity contribution < 1.29 is 9.84 Å². The third-order valence-electron chi connectivity index (χ3n) is 3.19. The molecule has 1 atom stereocenters. The summed E-state index contributed by atoms with van der Waals surface area (Å²) >= 11 is 0. The van der Waals surface area contributed by atoms with Gasteiger partial charge in [-0.15, -0.1) is 0 Å². The van der Waals surface area contributed by atoms with Crippen LogP contribution in [0.2, 0.25) is 0 Å². The SMILES string of the molecule is COc1cccc2c1CCC(O)(CN)C2. The first-order chi connectivity index (χ1) is 7.18. The van der Waals surface area contributed by atoms with Gasteiger partial charge < -0.3 is 15.6 Å². The second kappa shape index (κ2) is 3.83. The lowest BCUT2D eigenvalue weighted by molar-refractivity contribution is 0.0350. The maximum atomic E-state index is 10.1. The molecule has 1 aromatic carbocycles. The van der Waals surface area contributed by atoms with E-state index in [1.807, 2.05) is 18.2 Å². The first kappa shape index (κ1) is 10.5. The zero-order valence-corrected chi connectivity index (χ0v) is 8.99. The van der Waals surface area contributed by atoms with Gasteiger partial charge in [-0.25, -0.2) is 0 Å². The van der Waals surface area contributed by atoms with Gasteiger partial charge in [-0.05, 0) is 30.0 Å². The van der Waals surface area contributed by atoms with E-state index < -0.39 is 5.60 Å². The van der Waals surface area contributed by atoms with Crippen molar-refractivity contribution in [3.8, 4) is 5.75 Å². The van der Waals surface area contributed by atoms with Crippen LogP contribution in [0.3, 0.4) is 0 Å². The van der Waals surface area contributed by atoms with Crippen LogP contribution in [-0.2, 0) is 12.8 Å². The summed E-state index contributed by atoms with van der Waals surface area (Å²) in [7, 11) is 1.68. The van der Waals surface area contributed by atoms with Gasteiger partial charge in [-0.1, -0.05) is 12.1 Å². The molecule has 0 aromatic heterocycles. The number of hydrogen-bond donors (Lipinski definition) is 2. The molecule has 0 fully saturated rings. The van der Waals surface area contributed by atoms with Crippen LogP contribution in [0.4, 0.5) is 0 Å². The fourth-order valence-electron chi connectivity index (χ4n) is 2.23. The Labute approximate surface area is 89.9 Å². The van der Waals surface area contributed by atoms with Crippen LogP contribution in [0.5, 0.6) is 5.75 Å². The van der Waals surface area contributed by atoms with Gasteiger partial charge in [0.1, 0.15) is 5.75 Å². The predicted octanol–water partition coefficient (Wildman–Crippen LogP) is 0.874. The van der Waals surface area contributed by atoms with E-state index in [0.717, 1.165) is 24.2 Å². The molecule has 0 radical (unpaired) electrons. The van der Waals surface area contributed by atoms with Crippen molar-refractivity contribution in [1.29, 1.82) is 0 Å². The summed E-state index contributed by atoms with van der Waals surface area (Å²) in [5, 5.41) is 10.1. The molecule has 0 amide bonds. The highest BCUT2D eigenvalue weighted by atomic mass is 16.5. The Morgan fingerprint density at radius 3 is 3.00 bits per heavy atom. The molecule has 1 aliphatic rings. The molecule has 3 N–H and O–H groups in total. The standard InChI is InChI=1S/C12H17NO2/c1-15-11-4-2-3-9-7-12(14,8-13)6-5-10(9)11/h2-4,14H,5-8,13H2,1H3. The Balaban J connectivity index is 2.35. The monoisotopic (exact) mass is 207 g/mol. The van der Waals surface area contributed by atoms with Crippen LogP contribution in [0, 0.1) is 0 Å². The number of nitrogens with two attached hydrogens (primary N) is 1. The van der Waals surface area contributed by atoms with Crippen molar-refractivity contribution in [3.63, 3.8) is 0 Å². The zero-order chi connectivity index (χ0) is 10.9. The van der Waals surface area contributed by atoms with Crippen LogP contribution < -0.4 is 10.5 Å². The van der Waals surface area contributed by atoms with Crippen molar-refractivity contribution in [3.05, 3.63) is 29.3 Å². The van der Waals surface area contributed by atoms with Crippen molar-refractivity contribution >= 4 is 0 Å². The topological polar surface area (TPSA) is 55.5 Å². The number of hydrogen-bond acceptors (Lipinski definition) is 3. The summed E-state index contributed by atoms with van der Waals surface area (Å²) in [5.41, 5.74) is 7.24. The van der Waals surface area contributed by atoms with E-state index in [4.69, 9.17) is 10.5 Å². The minimum Gasteiger partial charge on any atom is -0.496 e. The van der Waals surface area contributed by atoms with E-state index in [1.165, 1.54) is 5.56 Å². The fraction of sp³-hybridized carbons (Fsp3) is 0.500. The van der Waals surface area contributed by atoms with Crippen LogP contribution in [0.25, 0.3) is 0 Å². The fourth-order valence-corrected chi connectivity index (χ4v) is 2.23. The second-order valence-corrected chi connectivity index (χ2v) is 4.20. The summed E-state index contributed by atoms with van der Waals surface area (Å²) in [5.74, 6) is 0.923. The predicted molar refractivity (Wildman–Crippen MR) is 59.0 cm³/mol. The van der Waals surface area contributed by atoms with Gasteiger partial charge in [0.25, 0.3) is 0 Å². The Morgan fingerprint density at radius 2 is 2.33 bits per heavy atom. The molecular formula is C12H17NO2. The van der Waals surface area contributed by atoms with Gasteiger partial charge in [0, 0.05) is 13.0 Å². The van der Waals surface area contributed by atoms with Crippen molar-refractivity contribution in [2.24, 2.45) is 5.73 Å². The Morgan fingerprint density at radius 1 is 1.53 bits per heavy atom. The van der Waals surface area contributed by atoms with Crippen LogP contribution in [0.15, 0.2) is 18.2 Å². The van der Waals surface area contributed by atoms with E-state index in [-0.39, 0.29) is 0 Å². The van der Waals surface area contributed by atoms with Crippen molar-refractivity contribution in [2.45, 2.75) is 24.9 Å². The molecule has 0 bridgehead atoms. The molecule has 3 heteroatoms. The number of methoxy groups -OCH3 is 1. The smallest absolute Gasteiger partial charge is 0.122 e. The summed E-state index contributed by atoms with van der Waals surface area (Å²) in [6.07, 6.45) is 2.19. The first-order valence-electron chi connectivity index (χ1n) is 5.26.